The Morgan fingerprint density at radius 1 is 1.33 bits per heavy atom. The standard InChI is InChI=1S/C18H26N4O2/c1-20(2)11-12-21-10-7-18(17(21)24)6-4-9-22(14-18)16(23)15-5-3-8-19-13-15/h3,5,8,13H,4,6-7,9-12,14H2,1-2H3. The highest BCUT2D eigenvalue weighted by atomic mass is 16.2. The zero-order valence-corrected chi connectivity index (χ0v) is 14.6. The van der Waals surface area contributed by atoms with Crippen molar-refractivity contribution in [2.45, 2.75) is 19.3 Å². The van der Waals surface area contributed by atoms with E-state index >= 15 is 0 Å². The highest BCUT2D eigenvalue weighted by Gasteiger charge is 2.49. The lowest BCUT2D eigenvalue weighted by molar-refractivity contribution is -0.138. The first kappa shape index (κ1) is 16.9. The van der Waals surface area contributed by atoms with E-state index in [1.807, 2.05) is 23.9 Å². The largest absolute Gasteiger partial charge is 0.341 e. The molecule has 0 radical (unpaired) electrons. The third kappa shape index (κ3) is 3.29. The van der Waals surface area contributed by atoms with Gasteiger partial charge in [0.2, 0.25) is 5.91 Å². The Labute approximate surface area is 143 Å². The van der Waals surface area contributed by atoms with Gasteiger partial charge in [-0.15, -0.1) is 0 Å². The maximum absolute atomic E-state index is 13.0. The number of likely N-dealkylation sites (tertiary alicyclic amines) is 2. The molecule has 3 heterocycles. The fourth-order valence-electron chi connectivity index (χ4n) is 3.78. The number of carbonyl (C=O) groups excluding carboxylic acids is 2. The molecule has 2 amide bonds. The monoisotopic (exact) mass is 330 g/mol. The highest BCUT2D eigenvalue weighted by Crippen LogP contribution is 2.40. The normalized spacial score (nSPS) is 24.2. The molecule has 2 fully saturated rings. The summed E-state index contributed by atoms with van der Waals surface area (Å²) in [6.45, 7) is 3.71. The number of pyridine rings is 1. The van der Waals surface area contributed by atoms with E-state index in [9.17, 15) is 9.59 Å². The number of hydrogen-bond acceptors (Lipinski definition) is 4. The van der Waals surface area contributed by atoms with Crippen LogP contribution in [0.1, 0.15) is 29.6 Å². The van der Waals surface area contributed by atoms with Crippen molar-refractivity contribution in [3.8, 4) is 0 Å². The van der Waals surface area contributed by atoms with Crippen LogP contribution in [0.5, 0.6) is 0 Å². The second-order valence-electron chi connectivity index (χ2n) is 7.20. The lowest BCUT2D eigenvalue weighted by atomic mass is 9.78. The van der Waals surface area contributed by atoms with Gasteiger partial charge < -0.3 is 14.7 Å². The summed E-state index contributed by atoms with van der Waals surface area (Å²) in [6, 6.07) is 3.56. The Hall–Kier alpha value is -1.95. The van der Waals surface area contributed by atoms with E-state index in [-0.39, 0.29) is 17.2 Å². The molecule has 0 aliphatic carbocycles. The fourth-order valence-corrected chi connectivity index (χ4v) is 3.78. The van der Waals surface area contributed by atoms with Crippen LogP contribution in [-0.2, 0) is 4.79 Å². The van der Waals surface area contributed by atoms with E-state index in [1.54, 1.807) is 24.5 Å². The lowest BCUT2D eigenvalue weighted by Gasteiger charge is -2.39. The Bertz CT molecular complexity index is 604. The van der Waals surface area contributed by atoms with E-state index in [0.29, 0.717) is 12.1 Å². The molecule has 1 aromatic rings. The fraction of sp³-hybridized carbons (Fsp3) is 0.611. The van der Waals surface area contributed by atoms with Crippen molar-refractivity contribution in [3.05, 3.63) is 30.1 Å². The van der Waals surface area contributed by atoms with Gasteiger partial charge in [-0.05, 0) is 45.5 Å². The number of amides is 2. The topological polar surface area (TPSA) is 56.8 Å². The number of hydrogen-bond donors (Lipinski definition) is 0. The minimum absolute atomic E-state index is 0.0123. The second kappa shape index (κ2) is 6.89. The molecule has 0 bridgehead atoms. The summed E-state index contributed by atoms with van der Waals surface area (Å²) in [6.07, 6.45) is 5.90. The van der Waals surface area contributed by atoms with Crippen molar-refractivity contribution in [2.24, 2.45) is 5.41 Å². The van der Waals surface area contributed by atoms with Gasteiger partial charge in [-0.2, -0.15) is 0 Å². The molecule has 1 atom stereocenters. The maximum atomic E-state index is 13.0. The van der Waals surface area contributed by atoms with Crippen LogP contribution in [0.4, 0.5) is 0 Å². The van der Waals surface area contributed by atoms with Crippen LogP contribution in [0, 0.1) is 5.41 Å². The molecule has 1 spiro atoms. The van der Waals surface area contributed by atoms with Gasteiger partial charge >= 0.3 is 0 Å². The van der Waals surface area contributed by atoms with Gasteiger partial charge in [-0.25, -0.2) is 0 Å². The predicted octanol–water partition coefficient (Wildman–Crippen LogP) is 1.10. The Morgan fingerprint density at radius 3 is 2.88 bits per heavy atom. The van der Waals surface area contributed by atoms with Crippen LogP contribution >= 0.6 is 0 Å². The molecule has 3 rings (SSSR count). The molecule has 6 nitrogen and oxygen atoms in total. The Morgan fingerprint density at radius 2 is 2.17 bits per heavy atom. The summed E-state index contributed by atoms with van der Waals surface area (Å²) in [5.74, 6) is 0.217. The number of likely N-dealkylation sites (N-methyl/N-ethyl adjacent to an activating group) is 1. The first-order valence-corrected chi connectivity index (χ1v) is 8.65. The molecule has 6 heteroatoms. The molecule has 130 valence electrons. The van der Waals surface area contributed by atoms with Crippen molar-refractivity contribution < 1.29 is 9.59 Å². The number of piperidine rings is 1. The first-order valence-electron chi connectivity index (χ1n) is 8.65. The molecule has 1 aromatic heterocycles. The van der Waals surface area contributed by atoms with Crippen LogP contribution in [0.15, 0.2) is 24.5 Å². The number of rotatable bonds is 4. The predicted molar refractivity (Wildman–Crippen MR) is 91.6 cm³/mol. The number of carbonyl (C=O) groups is 2. The van der Waals surface area contributed by atoms with Crippen molar-refractivity contribution in [1.29, 1.82) is 0 Å². The molecule has 2 aliphatic heterocycles. The molecular weight excluding hydrogens is 304 g/mol. The molecule has 2 aliphatic rings. The summed E-state index contributed by atoms with van der Waals surface area (Å²) < 4.78 is 0. The Kier molecular flexibility index (Phi) is 4.85. The summed E-state index contributed by atoms with van der Waals surface area (Å²) in [5, 5.41) is 0. The van der Waals surface area contributed by atoms with Crippen LogP contribution in [0.2, 0.25) is 0 Å². The van der Waals surface area contributed by atoms with E-state index < -0.39 is 0 Å². The number of aromatic nitrogens is 1. The SMILES string of the molecule is CN(C)CCN1CCC2(CCCN(C(=O)c3cccnc3)C2)C1=O. The number of nitrogens with zero attached hydrogens (tertiary/aromatic N) is 4. The van der Waals surface area contributed by atoms with E-state index in [0.717, 1.165) is 45.4 Å². The van der Waals surface area contributed by atoms with Crippen molar-refractivity contribution in [2.75, 3.05) is 46.8 Å². The third-order valence-electron chi connectivity index (χ3n) is 5.19. The van der Waals surface area contributed by atoms with E-state index in [4.69, 9.17) is 0 Å². The molecule has 0 N–H and O–H groups in total. The quantitative estimate of drug-likeness (QED) is 0.829. The van der Waals surface area contributed by atoms with Crippen LogP contribution in [-0.4, -0.2) is 78.3 Å². The minimum Gasteiger partial charge on any atom is -0.341 e. The van der Waals surface area contributed by atoms with Crippen LogP contribution in [0.3, 0.4) is 0 Å². The maximum Gasteiger partial charge on any atom is 0.255 e. The average molecular weight is 330 g/mol. The molecule has 0 aromatic carbocycles. The summed E-state index contributed by atoms with van der Waals surface area (Å²) in [4.78, 5) is 35.6. The van der Waals surface area contributed by atoms with E-state index in [1.165, 1.54) is 0 Å². The zero-order chi connectivity index (χ0) is 17.2. The molecular formula is C18H26N4O2. The third-order valence-corrected chi connectivity index (χ3v) is 5.19. The first-order chi connectivity index (χ1) is 11.5. The van der Waals surface area contributed by atoms with Gasteiger partial charge in [0.15, 0.2) is 0 Å². The van der Waals surface area contributed by atoms with Gasteiger partial charge in [-0.3, -0.25) is 14.6 Å². The molecule has 0 saturated carbocycles. The minimum atomic E-state index is -0.373. The van der Waals surface area contributed by atoms with Crippen molar-refractivity contribution in [3.63, 3.8) is 0 Å². The summed E-state index contributed by atoms with van der Waals surface area (Å²) >= 11 is 0. The van der Waals surface area contributed by atoms with Gasteiger partial charge in [0.05, 0.1) is 11.0 Å². The van der Waals surface area contributed by atoms with Gasteiger partial charge in [0.1, 0.15) is 0 Å². The zero-order valence-electron chi connectivity index (χ0n) is 14.6. The van der Waals surface area contributed by atoms with Gasteiger partial charge in [0.25, 0.3) is 5.91 Å². The smallest absolute Gasteiger partial charge is 0.255 e. The summed E-state index contributed by atoms with van der Waals surface area (Å²) in [7, 11) is 4.04. The highest BCUT2D eigenvalue weighted by molar-refractivity contribution is 5.95. The lowest BCUT2D eigenvalue weighted by Crippen LogP contribution is -2.50. The van der Waals surface area contributed by atoms with Gasteiger partial charge in [0, 0.05) is 45.1 Å². The van der Waals surface area contributed by atoms with Crippen molar-refractivity contribution in [1.82, 2.24) is 19.7 Å². The molecule has 24 heavy (non-hydrogen) atoms. The molecule has 1 unspecified atom stereocenters. The van der Waals surface area contributed by atoms with Crippen LogP contribution in [0.25, 0.3) is 0 Å². The average Bonchev–Trinajstić information content (AvgIpc) is 2.89. The molecule has 2 saturated heterocycles. The van der Waals surface area contributed by atoms with E-state index in [2.05, 4.69) is 9.88 Å². The summed E-state index contributed by atoms with van der Waals surface area (Å²) in [5.41, 5.74) is 0.229. The van der Waals surface area contributed by atoms with Crippen molar-refractivity contribution >= 4 is 11.8 Å². The Balaban J connectivity index is 1.69. The van der Waals surface area contributed by atoms with Crippen LogP contribution < -0.4 is 0 Å². The van der Waals surface area contributed by atoms with Gasteiger partial charge in [-0.1, -0.05) is 0 Å². The second-order valence-corrected chi connectivity index (χ2v) is 7.20.